The monoisotopic (exact) mass is 238 g/mol. The Morgan fingerprint density at radius 1 is 1.29 bits per heavy atom. The van der Waals surface area contributed by atoms with Gasteiger partial charge in [0.2, 0.25) is 0 Å². The van der Waals surface area contributed by atoms with Crippen molar-refractivity contribution < 1.29 is 5.11 Å². The van der Waals surface area contributed by atoms with Crippen molar-refractivity contribution in [2.45, 2.75) is 33.6 Å². The lowest BCUT2D eigenvalue weighted by atomic mass is 10.2. The first-order valence-electron chi connectivity index (χ1n) is 6.12. The highest BCUT2D eigenvalue weighted by Gasteiger charge is 2.13. The standard InChI is InChI=1S/C12H22N4O/c1-4-10-14-11(13)9(3)12(15-10)16(5-2)7-6-8-17/h17H,4-8H2,1-3H3,(H2,13,14,15). The quantitative estimate of drug-likeness (QED) is 0.777. The summed E-state index contributed by atoms with van der Waals surface area (Å²) >= 11 is 0. The van der Waals surface area contributed by atoms with Crippen molar-refractivity contribution in [2.24, 2.45) is 0 Å². The molecule has 1 aromatic rings. The smallest absolute Gasteiger partial charge is 0.137 e. The van der Waals surface area contributed by atoms with E-state index < -0.39 is 0 Å². The van der Waals surface area contributed by atoms with Gasteiger partial charge in [0, 0.05) is 31.7 Å². The van der Waals surface area contributed by atoms with Crippen molar-refractivity contribution >= 4 is 11.6 Å². The molecule has 0 saturated carbocycles. The van der Waals surface area contributed by atoms with Gasteiger partial charge in [-0.3, -0.25) is 0 Å². The second-order valence-electron chi connectivity index (χ2n) is 3.98. The van der Waals surface area contributed by atoms with Gasteiger partial charge in [-0.1, -0.05) is 6.92 Å². The summed E-state index contributed by atoms with van der Waals surface area (Å²) in [7, 11) is 0. The Hall–Kier alpha value is -1.36. The van der Waals surface area contributed by atoms with Crippen molar-refractivity contribution in [3.05, 3.63) is 11.4 Å². The molecule has 0 aliphatic heterocycles. The van der Waals surface area contributed by atoms with Crippen LogP contribution >= 0.6 is 0 Å². The van der Waals surface area contributed by atoms with Crippen LogP contribution in [0.15, 0.2) is 0 Å². The Morgan fingerprint density at radius 3 is 2.53 bits per heavy atom. The molecule has 0 bridgehead atoms. The van der Waals surface area contributed by atoms with Crippen molar-refractivity contribution in [3.8, 4) is 0 Å². The third-order valence-electron chi connectivity index (χ3n) is 2.79. The number of aliphatic hydroxyl groups is 1. The Morgan fingerprint density at radius 2 is 2.00 bits per heavy atom. The highest BCUT2D eigenvalue weighted by atomic mass is 16.3. The van der Waals surface area contributed by atoms with Crippen molar-refractivity contribution in [3.63, 3.8) is 0 Å². The van der Waals surface area contributed by atoms with Gasteiger partial charge in [-0.25, -0.2) is 9.97 Å². The molecule has 5 heteroatoms. The van der Waals surface area contributed by atoms with Crippen LogP contribution in [-0.2, 0) is 6.42 Å². The van der Waals surface area contributed by atoms with Crippen LogP contribution in [0.4, 0.5) is 11.6 Å². The first-order valence-corrected chi connectivity index (χ1v) is 6.12. The number of aromatic nitrogens is 2. The summed E-state index contributed by atoms with van der Waals surface area (Å²) in [5.41, 5.74) is 6.81. The number of aliphatic hydroxyl groups excluding tert-OH is 1. The van der Waals surface area contributed by atoms with Crippen molar-refractivity contribution in [2.75, 3.05) is 30.3 Å². The normalized spacial score (nSPS) is 10.6. The molecule has 0 aliphatic rings. The Labute approximate surface area is 103 Å². The van der Waals surface area contributed by atoms with E-state index >= 15 is 0 Å². The first-order chi connectivity index (χ1) is 8.13. The molecule has 0 saturated heterocycles. The van der Waals surface area contributed by atoms with Crippen LogP contribution in [0.1, 0.15) is 31.7 Å². The van der Waals surface area contributed by atoms with Crippen molar-refractivity contribution in [1.82, 2.24) is 9.97 Å². The topological polar surface area (TPSA) is 75.3 Å². The number of aryl methyl sites for hydroxylation is 1. The molecule has 0 unspecified atom stereocenters. The van der Waals surface area contributed by atoms with E-state index in [2.05, 4.69) is 21.8 Å². The molecule has 0 radical (unpaired) electrons. The van der Waals surface area contributed by atoms with Gasteiger partial charge < -0.3 is 15.7 Å². The summed E-state index contributed by atoms with van der Waals surface area (Å²) in [6, 6.07) is 0. The molecular weight excluding hydrogens is 216 g/mol. The number of hydrogen-bond acceptors (Lipinski definition) is 5. The van der Waals surface area contributed by atoms with E-state index in [0.29, 0.717) is 5.82 Å². The molecule has 0 fully saturated rings. The molecule has 3 N–H and O–H groups in total. The zero-order chi connectivity index (χ0) is 12.8. The molecule has 1 rings (SSSR count). The van der Waals surface area contributed by atoms with E-state index in [1.165, 1.54) is 0 Å². The lowest BCUT2D eigenvalue weighted by Crippen LogP contribution is -2.27. The van der Waals surface area contributed by atoms with E-state index in [1.807, 2.05) is 13.8 Å². The first kappa shape index (κ1) is 13.7. The second-order valence-corrected chi connectivity index (χ2v) is 3.98. The fourth-order valence-corrected chi connectivity index (χ4v) is 1.71. The van der Waals surface area contributed by atoms with Crippen LogP contribution in [0.5, 0.6) is 0 Å². The molecule has 17 heavy (non-hydrogen) atoms. The predicted octanol–water partition coefficient (Wildman–Crippen LogP) is 1.14. The van der Waals surface area contributed by atoms with Crippen LogP contribution in [0.3, 0.4) is 0 Å². The maximum Gasteiger partial charge on any atom is 0.137 e. The van der Waals surface area contributed by atoms with E-state index in [-0.39, 0.29) is 6.61 Å². The average molecular weight is 238 g/mol. The predicted molar refractivity (Wildman–Crippen MR) is 70.1 cm³/mol. The molecule has 5 nitrogen and oxygen atoms in total. The zero-order valence-electron chi connectivity index (χ0n) is 10.9. The van der Waals surface area contributed by atoms with E-state index in [9.17, 15) is 0 Å². The minimum absolute atomic E-state index is 0.191. The number of rotatable bonds is 6. The van der Waals surface area contributed by atoms with Gasteiger partial charge in [0.25, 0.3) is 0 Å². The highest BCUT2D eigenvalue weighted by Crippen LogP contribution is 2.21. The fraction of sp³-hybridized carbons (Fsp3) is 0.667. The third-order valence-corrected chi connectivity index (χ3v) is 2.79. The molecule has 0 atom stereocenters. The van der Waals surface area contributed by atoms with Gasteiger partial charge >= 0.3 is 0 Å². The number of hydrogen-bond donors (Lipinski definition) is 2. The summed E-state index contributed by atoms with van der Waals surface area (Å²) in [4.78, 5) is 10.9. The molecule has 0 aromatic carbocycles. The molecule has 0 amide bonds. The van der Waals surface area contributed by atoms with Crippen LogP contribution in [0.25, 0.3) is 0 Å². The van der Waals surface area contributed by atoms with E-state index in [1.54, 1.807) is 0 Å². The lowest BCUT2D eigenvalue weighted by molar-refractivity contribution is 0.289. The summed E-state index contributed by atoms with van der Waals surface area (Å²) in [5.74, 6) is 2.21. The minimum atomic E-state index is 0.191. The summed E-state index contributed by atoms with van der Waals surface area (Å²) in [6.07, 6.45) is 1.51. The lowest BCUT2D eigenvalue weighted by Gasteiger charge is -2.24. The summed E-state index contributed by atoms with van der Waals surface area (Å²) in [6.45, 7) is 7.84. The number of nitrogens with two attached hydrogens (primary N) is 1. The van der Waals surface area contributed by atoms with Gasteiger partial charge in [0.05, 0.1) is 0 Å². The molecule has 96 valence electrons. The largest absolute Gasteiger partial charge is 0.396 e. The molecule has 0 aliphatic carbocycles. The Balaban J connectivity index is 3.04. The van der Waals surface area contributed by atoms with Gasteiger partial charge in [0.1, 0.15) is 17.5 Å². The molecule has 1 heterocycles. The van der Waals surface area contributed by atoms with Crippen LogP contribution in [0, 0.1) is 6.92 Å². The van der Waals surface area contributed by atoms with Crippen LogP contribution in [-0.4, -0.2) is 34.8 Å². The van der Waals surface area contributed by atoms with Crippen LogP contribution in [0.2, 0.25) is 0 Å². The van der Waals surface area contributed by atoms with Crippen LogP contribution < -0.4 is 10.6 Å². The molecule has 1 aromatic heterocycles. The average Bonchev–Trinajstić information content (AvgIpc) is 2.34. The number of nitrogens with zero attached hydrogens (tertiary/aromatic N) is 3. The number of anilines is 2. The fourth-order valence-electron chi connectivity index (χ4n) is 1.71. The summed E-state index contributed by atoms with van der Waals surface area (Å²) < 4.78 is 0. The molecule has 0 spiro atoms. The minimum Gasteiger partial charge on any atom is -0.396 e. The number of nitrogen functional groups attached to an aromatic ring is 1. The van der Waals surface area contributed by atoms with Gasteiger partial charge in [-0.2, -0.15) is 0 Å². The zero-order valence-corrected chi connectivity index (χ0v) is 10.9. The molecular formula is C12H22N4O. The maximum atomic E-state index is 8.90. The SMILES string of the molecule is CCc1nc(N)c(C)c(N(CC)CCCO)n1. The Kier molecular flexibility index (Phi) is 5.15. The maximum absolute atomic E-state index is 8.90. The van der Waals surface area contributed by atoms with Gasteiger partial charge in [0.15, 0.2) is 0 Å². The Bertz CT molecular complexity index is 368. The highest BCUT2D eigenvalue weighted by molar-refractivity contribution is 5.56. The van der Waals surface area contributed by atoms with Gasteiger partial charge in [-0.05, 0) is 20.3 Å². The van der Waals surface area contributed by atoms with E-state index in [4.69, 9.17) is 10.8 Å². The van der Waals surface area contributed by atoms with E-state index in [0.717, 1.165) is 43.1 Å². The van der Waals surface area contributed by atoms with Crippen molar-refractivity contribution in [1.29, 1.82) is 0 Å². The van der Waals surface area contributed by atoms with Gasteiger partial charge in [-0.15, -0.1) is 0 Å². The third kappa shape index (κ3) is 3.30. The second kappa shape index (κ2) is 6.39. The summed E-state index contributed by atoms with van der Waals surface area (Å²) in [5, 5.41) is 8.90.